The van der Waals surface area contributed by atoms with Crippen LogP contribution in [-0.2, 0) is 0 Å². The molecule has 0 unspecified atom stereocenters. The molecule has 0 saturated heterocycles. The third-order valence-electron chi connectivity index (χ3n) is 5.62. The SMILES string of the molecule is Nc1ccc(SCC2C3CC4CC(C3)CC2C4)cn1. The lowest BCUT2D eigenvalue weighted by atomic mass is 9.52. The summed E-state index contributed by atoms with van der Waals surface area (Å²) in [6.45, 7) is 0. The first-order valence-corrected chi connectivity index (χ1v) is 8.61. The van der Waals surface area contributed by atoms with Crippen LogP contribution in [-0.4, -0.2) is 10.7 Å². The molecule has 2 nitrogen and oxygen atoms in total. The average Bonchev–Trinajstić information content (AvgIpc) is 2.39. The topological polar surface area (TPSA) is 38.9 Å². The van der Waals surface area contributed by atoms with Crippen LogP contribution in [0.25, 0.3) is 0 Å². The van der Waals surface area contributed by atoms with Crippen molar-refractivity contribution in [3.63, 3.8) is 0 Å². The van der Waals surface area contributed by atoms with Gasteiger partial charge in [-0.2, -0.15) is 0 Å². The van der Waals surface area contributed by atoms with Gasteiger partial charge in [0.05, 0.1) is 0 Å². The Bertz CT molecular complexity index is 428. The summed E-state index contributed by atoms with van der Waals surface area (Å²) >= 11 is 1.99. The van der Waals surface area contributed by atoms with E-state index in [4.69, 9.17) is 5.73 Å². The molecule has 4 bridgehead atoms. The fraction of sp³-hybridized carbons (Fsp3) is 0.688. The molecule has 0 atom stereocenters. The molecule has 0 amide bonds. The number of nitrogen functional groups attached to an aromatic ring is 1. The molecule has 4 aliphatic carbocycles. The van der Waals surface area contributed by atoms with Gasteiger partial charge in [-0.15, -0.1) is 11.8 Å². The molecular weight excluding hydrogens is 252 g/mol. The highest BCUT2D eigenvalue weighted by atomic mass is 32.2. The lowest BCUT2D eigenvalue weighted by Crippen LogP contribution is -2.45. The maximum absolute atomic E-state index is 5.64. The van der Waals surface area contributed by atoms with Crippen molar-refractivity contribution in [1.29, 1.82) is 0 Å². The van der Waals surface area contributed by atoms with Gasteiger partial charge in [0, 0.05) is 16.8 Å². The van der Waals surface area contributed by atoms with E-state index in [0.717, 1.165) is 29.6 Å². The van der Waals surface area contributed by atoms with E-state index < -0.39 is 0 Å². The number of anilines is 1. The fourth-order valence-corrected chi connectivity index (χ4v) is 6.20. The zero-order valence-electron chi connectivity index (χ0n) is 11.3. The van der Waals surface area contributed by atoms with Gasteiger partial charge in [-0.1, -0.05) is 0 Å². The van der Waals surface area contributed by atoms with Crippen LogP contribution in [0.15, 0.2) is 23.2 Å². The Labute approximate surface area is 119 Å². The van der Waals surface area contributed by atoms with Crippen LogP contribution in [0, 0.1) is 29.6 Å². The fourth-order valence-electron chi connectivity index (χ4n) is 4.98. The van der Waals surface area contributed by atoms with Gasteiger partial charge in [0.15, 0.2) is 0 Å². The summed E-state index contributed by atoms with van der Waals surface area (Å²) in [6.07, 6.45) is 9.58. The molecule has 1 aromatic heterocycles. The number of hydrogen-bond acceptors (Lipinski definition) is 3. The van der Waals surface area contributed by atoms with Crippen molar-refractivity contribution < 1.29 is 0 Å². The Morgan fingerprint density at radius 1 is 1.05 bits per heavy atom. The van der Waals surface area contributed by atoms with Gasteiger partial charge in [-0.05, 0) is 73.8 Å². The molecule has 19 heavy (non-hydrogen) atoms. The third-order valence-corrected chi connectivity index (χ3v) is 6.75. The minimum absolute atomic E-state index is 0.624. The molecule has 0 radical (unpaired) electrons. The quantitative estimate of drug-likeness (QED) is 0.851. The van der Waals surface area contributed by atoms with E-state index >= 15 is 0 Å². The molecule has 4 fully saturated rings. The Kier molecular flexibility index (Phi) is 2.98. The van der Waals surface area contributed by atoms with Crippen LogP contribution in [0.2, 0.25) is 0 Å². The minimum Gasteiger partial charge on any atom is -0.384 e. The molecule has 1 heterocycles. The first-order valence-electron chi connectivity index (χ1n) is 7.62. The molecule has 0 aromatic carbocycles. The molecule has 2 N–H and O–H groups in total. The van der Waals surface area contributed by atoms with Crippen molar-refractivity contribution in [2.24, 2.45) is 29.6 Å². The van der Waals surface area contributed by atoms with Crippen LogP contribution in [0.1, 0.15) is 32.1 Å². The van der Waals surface area contributed by atoms with Crippen LogP contribution in [0.4, 0.5) is 5.82 Å². The van der Waals surface area contributed by atoms with Crippen molar-refractivity contribution >= 4 is 17.6 Å². The molecule has 1 aromatic rings. The number of pyridine rings is 1. The Hall–Kier alpha value is -0.700. The van der Waals surface area contributed by atoms with Gasteiger partial charge in [0.1, 0.15) is 5.82 Å². The summed E-state index contributed by atoms with van der Waals surface area (Å²) in [6, 6.07) is 4.03. The second kappa shape index (κ2) is 4.69. The van der Waals surface area contributed by atoms with E-state index in [0.29, 0.717) is 5.82 Å². The maximum atomic E-state index is 5.64. The molecule has 102 valence electrons. The summed E-state index contributed by atoms with van der Waals surface area (Å²) in [5, 5.41) is 0. The smallest absolute Gasteiger partial charge is 0.123 e. The minimum atomic E-state index is 0.624. The lowest BCUT2D eigenvalue weighted by molar-refractivity contribution is -0.0261. The number of thioether (sulfide) groups is 1. The van der Waals surface area contributed by atoms with E-state index in [9.17, 15) is 0 Å². The van der Waals surface area contributed by atoms with Crippen molar-refractivity contribution in [3.05, 3.63) is 18.3 Å². The van der Waals surface area contributed by atoms with E-state index in [2.05, 4.69) is 11.1 Å². The van der Waals surface area contributed by atoms with Crippen LogP contribution >= 0.6 is 11.8 Å². The Morgan fingerprint density at radius 3 is 2.32 bits per heavy atom. The summed E-state index contributed by atoms with van der Waals surface area (Å²) in [4.78, 5) is 5.47. The van der Waals surface area contributed by atoms with Gasteiger partial charge in [-0.25, -0.2) is 4.98 Å². The summed E-state index contributed by atoms with van der Waals surface area (Å²) in [5.74, 6) is 7.12. The number of nitrogens with two attached hydrogens (primary N) is 1. The van der Waals surface area contributed by atoms with Crippen LogP contribution in [0.5, 0.6) is 0 Å². The third kappa shape index (κ3) is 2.26. The molecule has 0 aliphatic heterocycles. The highest BCUT2D eigenvalue weighted by Crippen LogP contribution is 2.57. The molecule has 3 heteroatoms. The zero-order valence-corrected chi connectivity index (χ0v) is 12.1. The monoisotopic (exact) mass is 274 g/mol. The van der Waals surface area contributed by atoms with Crippen molar-refractivity contribution in [1.82, 2.24) is 4.98 Å². The number of hydrogen-bond donors (Lipinski definition) is 1. The van der Waals surface area contributed by atoms with E-state index in [1.165, 1.54) is 36.3 Å². The molecule has 4 aliphatic rings. The van der Waals surface area contributed by atoms with Gasteiger partial charge in [-0.3, -0.25) is 0 Å². The first-order chi connectivity index (χ1) is 9.28. The standard InChI is InChI=1S/C16H22N2S/c17-16-2-1-14(8-18-16)19-9-15-12-4-10-3-11(6-12)7-13(15)5-10/h1-2,8,10-13,15H,3-7,9H2,(H2,17,18). The summed E-state index contributed by atoms with van der Waals surface area (Å²) < 4.78 is 0. The first kappa shape index (κ1) is 12.1. The highest BCUT2D eigenvalue weighted by molar-refractivity contribution is 7.99. The summed E-state index contributed by atoms with van der Waals surface area (Å²) in [5.41, 5.74) is 5.64. The molecule has 0 spiro atoms. The normalized spacial score (nSPS) is 39.7. The predicted molar refractivity (Wildman–Crippen MR) is 79.9 cm³/mol. The number of nitrogens with zero attached hydrogens (tertiary/aromatic N) is 1. The van der Waals surface area contributed by atoms with E-state index in [1.807, 2.05) is 24.0 Å². The largest absolute Gasteiger partial charge is 0.384 e. The summed E-state index contributed by atoms with van der Waals surface area (Å²) in [7, 11) is 0. The van der Waals surface area contributed by atoms with Crippen molar-refractivity contribution in [3.8, 4) is 0 Å². The molecule has 4 saturated carbocycles. The van der Waals surface area contributed by atoms with Crippen LogP contribution < -0.4 is 5.73 Å². The number of rotatable bonds is 3. The van der Waals surface area contributed by atoms with Crippen LogP contribution in [0.3, 0.4) is 0 Å². The highest BCUT2D eigenvalue weighted by Gasteiger charge is 2.47. The van der Waals surface area contributed by atoms with E-state index in [-0.39, 0.29) is 0 Å². The van der Waals surface area contributed by atoms with Gasteiger partial charge < -0.3 is 5.73 Å². The predicted octanol–water partition coefficient (Wildman–Crippen LogP) is 3.83. The Balaban J connectivity index is 1.42. The Morgan fingerprint density at radius 2 is 1.74 bits per heavy atom. The van der Waals surface area contributed by atoms with E-state index in [1.54, 1.807) is 6.42 Å². The number of aromatic nitrogens is 1. The second-order valence-corrected chi connectivity index (χ2v) is 7.92. The molecular formula is C16H22N2S. The van der Waals surface area contributed by atoms with Gasteiger partial charge >= 0.3 is 0 Å². The average molecular weight is 274 g/mol. The maximum Gasteiger partial charge on any atom is 0.123 e. The lowest BCUT2D eigenvalue weighted by Gasteiger charge is -2.54. The van der Waals surface area contributed by atoms with Gasteiger partial charge in [0.2, 0.25) is 0 Å². The van der Waals surface area contributed by atoms with Crippen molar-refractivity contribution in [2.45, 2.75) is 37.0 Å². The zero-order chi connectivity index (χ0) is 12.8. The van der Waals surface area contributed by atoms with Crippen molar-refractivity contribution in [2.75, 3.05) is 11.5 Å². The second-order valence-electron chi connectivity index (χ2n) is 6.82. The van der Waals surface area contributed by atoms with Gasteiger partial charge in [0.25, 0.3) is 0 Å². The molecule has 5 rings (SSSR count).